The van der Waals surface area contributed by atoms with Crippen molar-refractivity contribution in [3.8, 4) is 0 Å². The molecule has 0 bridgehead atoms. The van der Waals surface area contributed by atoms with E-state index in [-0.39, 0.29) is 6.04 Å². The second-order valence-corrected chi connectivity index (χ2v) is 5.83. The van der Waals surface area contributed by atoms with E-state index in [9.17, 15) is 0 Å². The van der Waals surface area contributed by atoms with Crippen LogP contribution in [-0.4, -0.2) is 4.98 Å². The van der Waals surface area contributed by atoms with Crippen LogP contribution in [0.2, 0.25) is 0 Å². The lowest BCUT2D eigenvalue weighted by molar-refractivity contribution is 0.551. The second kappa shape index (κ2) is 4.97. The fraction of sp³-hybridized carbons (Fsp3) is 0.211. The van der Waals surface area contributed by atoms with Gasteiger partial charge in [-0.05, 0) is 41.7 Å². The Morgan fingerprint density at radius 2 is 1.95 bits per heavy atom. The average Bonchev–Trinajstić information content (AvgIpc) is 2.98. The maximum atomic E-state index is 6.58. The number of fused-ring (bicyclic) bond motifs is 2. The van der Waals surface area contributed by atoms with Crippen molar-refractivity contribution in [1.29, 1.82) is 0 Å². The normalized spacial score (nSPS) is 18.6. The zero-order valence-electron chi connectivity index (χ0n) is 11.9. The van der Waals surface area contributed by atoms with Crippen molar-refractivity contribution < 1.29 is 0 Å². The van der Waals surface area contributed by atoms with E-state index in [1.807, 2.05) is 12.3 Å². The molecular weight excluding hydrogens is 256 g/mol. The molecule has 1 aromatic heterocycles. The maximum absolute atomic E-state index is 6.58. The minimum absolute atomic E-state index is 0.0417. The summed E-state index contributed by atoms with van der Waals surface area (Å²) in [5.41, 5.74) is 11.7. The Morgan fingerprint density at radius 3 is 2.90 bits per heavy atom. The number of rotatable bonds is 2. The molecule has 104 valence electrons. The number of aromatic nitrogens is 1. The summed E-state index contributed by atoms with van der Waals surface area (Å²) in [4.78, 5) is 4.44. The van der Waals surface area contributed by atoms with Crippen LogP contribution in [-0.2, 0) is 6.42 Å². The number of benzene rings is 2. The van der Waals surface area contributed by atoms with Crippen LogP contribution in [0.5, 0.6) is 0 Å². The van der Waals surface area contributed by atoms with Crippen molar-refractivity contribution in [1.82, 2.24) is 4.98 Å². The Hall–Kier alpha value is -2.19. The van der Waals surface area contributed by atoms with Gasteiger partial charge in [-0.3, -0.25) is 4.98 Å². The lowest BCUT2D eigenvalue weighted by Crippen LogP contribution is -2.18. The highest BCUT2D eigenvalue weighted by Gasteiger charge is 2.28. The van der Waals surface area contributed by atoms with Crippen LogP contribution >= 0.6 is 0 Å². The quantitative estimate of drug-likeness (QED) is 0.768. The van der Waals surface area contributed by atoms with Crippen molar-refractivity contribution in [2.24, 2.45) is 5.73 Å². The van der Waals surface area contributed by atoms with E-state index in [4.69, 9.17) is 5.73 Å². The fourth-order valence-electron chi connectivity index (χ4n) is 3.49. The lowest BCUT2D eigenvalue weighted by atomic mass is 9.88. The molecule has 2 nitrogen and oxygen atoms in total. The van der Waals surface area contributed by atoms with E-state index in [1.165, 1.54) is 22.1 Å². The van der Waals surface area contributed by atoms with Crippen molar-refractivity contribution in [3.63, 3.8) is 0 Å². The molecule has 1 aliphatic rings. The number of hydrogen-bond acceptors (Lipinski definition) is 2. The Bertz CT molecular complexity index is 794. The smallest absolute Gasteiger partial charge is 0.0705 e. The molecular formula is C19H18N2. The molecule has 4 rings (SSSR count). The molecule has 0 fully saturated rings. The fourth-order valence-corrected chi connectivity index (χ4v) is 3.49. The maximum Gasteiger partial charge on any atom is 0.0705 e. The molecule has 2 atom stereocenters. The molecule has 21 heavy (non-hydrogen) atoms. The van der Waals surface area contributed by atoms with Gasteiger partial charge in [-0.2, -0.15) is 0 Å². The summed E-state index contributed by atoms with van der Waals surface area (Å²) in [6.07, 6.45) is 4.11. The van der Waals surface area contributed by atoms with Gasteiger partial charge in [-0.1, -0.05) is 42.5 Å². The van der Waals surface area contributed by atoms with E-state index < -0.39 is 0 Å². The van der Waals surface area contributed by atoms with Crippen LogP contribution in [0.15, 0.2) is 60.8 Å². The van der Waals surface area contributed by atoms with Crippen LogP contribution in [0.1, 0.15) is 35.1 Å². The lowest BCUT2D eigenvalue weighted by Gasteiger charge is -2.21. The number of hydrogen-bond donors (Lipinski definition) is 1. The zero-order chi connectivity index (χ0) is 14.2. The first-order valence-corrected chi connectivity index (χ1v) is 7.51. The van der Waals surface area contributed by atoms with E-state index in [1.54, 1.807) is 0 Å². The van der Waals surface area contributed by atoms with Crippen LogP contribution < -0.4 is 5.73 Å². The molecule has 0 amide bonds. The Balaban J connectivity index is 1.72. The van der Waals surface area contributed by atoms with Gasteiger partial charge in [0.2, 0.25) is 0 Å². The number of nitrogens with two attached hydrogens (primary N) is 1. The van der Waals surface area contributed by atoms with Crippen molar-refractivity contribution in [3.05, 3.63) is 77.5 Å². The average molecular weight is 274 g/mol. The van der Waals surface area contributed by atoms with Gasteiger partial charge in [0.05, 0.1) is 5.52 Å². The third-order valence-electron chi connectivity index (χ3n) is 4.63. The summed E-state index contributed by atoms with van der Waals surface area (Å²) in [5, 5.41) is 1.17. The van der Waals surface area contributed by atoms with Gasteiger partial charge < -0.3 is 5.73 Å². The van der Waals surface area contributed by atoms with Crippen LogP contribution in [0.25, 0.3) is 10.9 Å². The molecule has 0 saturated heterocycles. The monoisotopic (exact) mass is 274 g/mol. The van der Waals surface area contributed by atoms with Crippen LogP contribution in [0.4, 0.5) is 0 Å². The number of nitrogens with zero attached hydrogens (tertiary/aromatic N) is 1. The molecule has 2 unspecified atom stereocenters. The summed E-state index contributed by atoms with van der Waals surface area (Å²) < 4.78 is 0. The molecule has 0 radical (unpaired) electrons. The minimum atomic E-state index is 0.0417. The molecule has 2 aromatic carbocycles. The van der Waals surface area contributed by atoms with Gasteiger partial charge in [-0.25, -0.2) is 0 Å². The molecule has 3 aromatic rings. The summed E-state index contributed by atoms with van der Waals surface area (Å²) in [6.45, 7) is 0. The van der Waals surface area contributed by atoms with Crippen LogP contribution in [0.3, 0.4) is 0 Å². The molecule has 2 N–H and O–H groups in total. The first-order valence-electron chi connectivity index (χ1n) is 7.51. The summed E-state index contributed by atoms with van der Waals surface area (Å²) in [6, 6.07) is 19.2. The highest BCUT2D eigenvalue weighted by Crippen LogP contribution is 2.40. The number of pyridine rings is 1. The summed E-state index contributed by atoms with van der Waals surface area (Å²) >= 11 is 0. The molecule has 0 aliphatic heterocycles. The summed E-state index contributed by atoms with van der Waals surface area (Å²) in [7, 11) is 0. The SMILES string of the molecule is NC(c1ccc2cccnc2c1)C1CCc2ccccc21. The summed E-state index contributed by atoms with van der Waals surface area (Å²) in [5.74, 6) is 0.419. The van der Waals surface area contributed by atoms with Gasteiger partial charge in [0.25, 0.3) is 0 Å². The van der Waals surface area contributed by atoms with Gasteiger partial charge in [0.15, 0.2) is 0 Å². The predicted octanol–water partition coefficient (Wildman–Crippen LogP) is 3.96. The Labute approximate surface area is 124 Å². The second-order valence-electron chi connectivity index (χ2n) is 5.83. The van der Waals surface area contributed by atoms with Gasteiger partial charge in [0.1, 0.15) is 0 Å². The zero-order valence-corrected chi connectivity index (χ0v) is 11.9. The molecule has 0 spiro atoms. The van der Waals surface area contributed by atoms with Crippen LogP contribution in [0, 0.1) is 0 Å². The third kappa shape index (κ3) is 2.12. The third-order valence-corrected chi connectivity index (χ3v) is 4.63. The van der Waals surface area contributed by atoms with Crippen molar-refractivity contribution >= 4 is 10.9 Å². The van der Waals surface area contributed by atoms with Gasteiger partial charge >= 0.3 is 0 Å². The van der Waals surface area contributed by atoms with E-state index >= 15 is 0 Å². The first-order chi connectivity index (χ1) is 10.3. The molecule has 1 aliphatic carbocycles. The van der Waals surface area contributed by atoms with E-state index in [0.717, 1.165) is 18.4 Å². The highest BCUT2D eigenvalue weighted by molar-refractivity contribution is 5.79. The Kier molecular flexibility index (Phi) is 2.97. The largest absolute Gasteiger partial charge is 0.323 e. The predicted molar refractivity (Wildman–Crippen MR) is 86.2 cm³/mol. The molecule has 2 heteroatoms. The van der Waals surface area contributed by atoms with Gasteiger partial charge in [0, 0.05) is 23.5 Å². The highest BCUT2D eigenvalue weighted by atomic mass is 14.7. The Morgan fingerprint density at radius 1 is 1.05 bits per heavy atom. The van der Waals surface area contributed by atoms with Crippen molar-refractivity contribution in [2.45, 2.75) is 24.8 Å². The topological polar surface area (TPSA) is 38.9 Å². The van der Waals surface area contributed by atoms with E-state index in [0.29, 0.717) is 5.92 Å². The first kappa shape index (κ1) is 12.5. The number of aryl methyl sites for hydroxylation is 1. The minimum Gasteiger partial charge on any atom is -0.323 e. The molecule has 0 saturated carbocycles. The standard InChI is InChI=1S/C19H18N2/c20-19(17-10-9-13-4-1-2-6-16(13)17)15-8-7-14-5-3-11-21-18(14)12-15/h1-8,11-12,17,19H,9-10,20H2. The molecule has 1 heterocycles. The van der Waals surface area contributed by atoms with E-state index in [2.05, 4.69) is 53.5 Å². The van der Waals surface area contributed by atoms with Crippen molar-refractivity contribution in [2.75, 3.05) is 0 Å². The van der Waals surface area contributed by atoms with Gasteiger partial charge in [-0.15, -0.1) is 0 Å².